The molecule has 208 valence electrons. The first-order valence-electron chi connectivity index (χ1n) is 13.1. The standard InChI is InChI=1S/C30H32N4O5S/c1-37-26-10-5-20(17-27(26)38-2)11-12-31-28(35)22-6-3-21(4-7-22)19-34-29(36)24-18-23(33-13-15-39-16-14-33)8-9-25(24)32-30(34)40/h3-10,17-18H,11-16,19H2,1-2H3,(H,31,35)(H,32,40). The summed E-state index contributed by atoms with van der Waals surface area (Å²) in [5, 5.41) is 3.54. The Labute approximate surface area is 237 Å². The van der Waals surface area contributed by atoms with Crippen LogP contribution in [0.4, 0.5) is 5.69 Å². The van der Waals surface area contributed by atoms with Crippen LogP contribution < -0.4 is 25.2 Å². The molecule has 1 aliphatic heterocycles. The maximum absolute atomic E-state index is 13.4. The van der Waals surface area contributed by atoms with E-state index >= 15 is 0 Å². The Morgan fingerprint density at radius 2 is 1.70 bits per heavy atom. The van der Waals surface area contributed by atoms with Gasteiger partial charge in [0.2, 0.25) is 0 Å². The Hall–Kier alpha value is -4.15. The van der Waals surface area contributed by atoms with Crippen molar-refractivity contribution in [2.75, 3.05) is 52.0 Å². The van der Waals surface area contributed by atoms with Gasteiger partial charge in [-0.1, -0.05) is 18.2 Å². The Balaban J connectivity index is 1.25. The summed E-state index contributed by atoms with van der Waals surface area (Å²) in [7, 11) is 3.19. The van der Waals surface area contributed by atoms with E-state index in [0.717, 1.165) is 29.9 Å². The topological polar surface area (TPSA) is 97.8 Å². The second kappa shape index (κ2) is 12.4. The summed E-state index contributed by atoms with van der Waals surface area (Å²) < 4.78 is 18.0. The van der Waals surface area contributed by atoms with Crippen LogP contribution in [0.15, 0.2) is 65.5 Å². The van der Waals surface area contributed by atoms with E-state index < -0.39 is 0 Å². The summed E-state index contributed by atoms with van der Waals surface area (Å²) in [6.45, 7) is 3.70. The van der Waals surface area contributed by atoms with Crippen LogP contribution in [-0.2, 0) is 17.7 Å². The minimum atomic E-state index is -0.164. The first-order chi connectivity index (χ1) is 19.5. The lowest BCUT2D eigenvalue weighted by Crippen LogP contribution is -2.36. The number of nitrogens with one attached hydrogen (secondary N) is 2. The Bertz CT molecular complexity index is 1620. The van der Waals surface area contributed by atoms with Crippen molar-refractivity contribution in [3.8, 4) is 11.5 Å². The van der Waals surface area contributed by atoms with E-state index in [-0.39, 0.29) is 11.5 Å². The summed E-state index contributed by atoms with van der Waals surface area (Å²) in [5.74, 6) is 1.16. The van der Waals surface area contributed by atoms with Crippen molar-refractivity contribution < 1.29 is 19.0 Å². The lowest BCUT2D eigenvalue weighted by atomic mass is 10.1. The third-order valence-corrected chi connectivity index (χ3v) is 7.37. The maximum Gasteiger partial charge on any atom is 0.262 e. The number of amides is 1. The number of hydrogen-bond acceptors (Lipinski definition) is 7. The Morgan fingerprint density at radius 1 is 0.975 bits per heavy atom. The summed E-state index contributed by atoms with van der Waals surface area (Å²) in [6, 6.07) is 18.7. The Kier molecular flexibility index (Phi) is 8.47. The second-order valence-corrected chi connectivity index (χ2v) is 9.93. The molecule has 2 heterocycles. The predicted molar refractivity (Wildman–Crippen MR) is 158 cm³/mol. The highest BCUT2D eigenvalue weighted by atomic mass is 32.1. The number of benzene rings is 3. The highest BCUT2D eigenvalue weighted by Crippen LogP contribution is 2.27. The molecule has 40 heavy (non-hydrogen) atoms. The number of hydrogen-bond donors (Lipinski definition) is 2. The molecule has 0 spiro atoms. The molecular weight excluding hydrogens is 528 g/mol. The van der Waals surface area contributed by atoms with Crippen LogP contribution >= 0.6 is 12.2 Å². The largest absolute Gasteiger partial charge is 0.493 e. The van der Waals surface area contributed by atoms with E-state index in [1.807, 2.05) is 48.5 Å². The van der Waals surface area contributed by atoms with Crippen LogP contribution in [0.5, 0.6) is 11.5 Å². The summed E-state index contributed by atoms with van der Waals surface area (Å²) >= 11 is 5.51. The molecule has 1 saturated heterocycles. The third kappa shape index (κ3) is 6.03. The molecule has 0 aliphatic carbocycles. The van der Waals surface area contributed by atoms with Gasteiger partial charge in [-0.2, -0.15) is 0 Å². The highest BCUT2D eigenvalue weighted by Gasteiger charge is 2.14. The van der Waals surface area contributed by atoms with Crippen LogP contribution in [0, 0.1) is 4.77 Å². The van der Waals surface area contributed by atoms with Crippen molar-refractivity contribution in [3.05, 3.63) is 92.5 Å². The van der Waals surface area contributed by atoms with E-state index in [4.69, 9.17) is 26.4 Å². The van der Waals surface area contributed by atoms with Gasteiger partial charge in [0.1, 0.15) is 0 Å². The molecule has 2 N–H and O–H groups in total. The van der Waals surface area contributed by atoms with Gasteiger partial charge in [-0.05, 0) is 72.2 Å². The quantitative estimate of drug-likeness (QED) is 0.300. The van der Waals surface area contributed by atoms with Crippen molar-refractivity contribution in [2.45, 2.75) is 13.0 Å². The molecule has 1 fully saturated rings. The molecule has 0 saturated carbocycles. The van der Waals surface area contributed by atoms with Gasteiger partial charge in [-0.25, -0.2) is 0 Å². The lowest BCUT2D eigenvalue weighted by molar-refractivity contribution is 0.0954. The zero-order valence-electron chi connectivity index (χ0n) is 22.6. The zero-order chi connectivity index (χ0) is 28.1. The SMILES string of the molecule is COc1ccc(CCNC(=O)c2ccc(Cn3c(=S)[nH]c4ccc(N5CCOCC5)cc4c3=O)cc2)cc1OC. The van der Waals surface area contributed by atoms with Crippen LogP contribution in [0.2, 0.25) is 0 Å². The number of fused-ring (bicyclic) bond motifs is 1. The minimum Gasteiger partial charge on any atom is -0.493 e. The molecule has 0 atom stereocenters. The minimum absolute atomic E-state index is 0.147. The first kappa shape index (κ1) is 27.4. The van der Waals surface area contributed by atoms with Gasteiger partial charge >= 0.3 is 0 Å². The van der Waals surface area contributed by atoms with E-state index in [1.54, 1.807) is 30.9 Å². The van der Waals surface area contributed by atoms with Crippen molar-refractivity contribution in [3.63, 3.8) is 0 Å². The number of nitrogens with zero attached hydrogens (tertiary/aromatic N) is 2. The summed E-state index contributed by atoms with van der Waals surface area (Å²) in [6.07, 6.45) is 0.653. The number of carbonyl (C=O) groups excluding carboxylic acids is 1. The average Bonchev–Trinajstić information content (AvgIpc) is 2.99. The van der Waals surface area contributed by atoms with Crippen LogP contribution in [0.1, 0.15) is 21.5 Å². The van der Waals surface area contributed by atoms with E-state index in [0.29, 0.717) is 65.5 Å². The number of aromatic nitrogens is 2. The lowest BCUT2D eigenvalue weighted by Gasteiger charge is -2.29. The number of anilines is 1. The molecule has 10 heteroatoms. The second-order valence-electron chi connectivity index (χ2n) is 9.54. The fraction of sp³-hybridized carbons (Fsp3) is 0.300. The normalized spacial score (nSPS) is 13.3. The number of morpholine rings is 1. The fourth-order valence-electron chi connectivity index (χ4n) is 4.80. The number of aromatic amines is 1. The van der Waals surface area contributed by atoms with Gasteiger partial charge in [0.15, 0.2) is 16.3 Å². The highest BCUT2D eigenvalue weighted by molar-refractivity contribution is 7.71. The maximum atomic E-state index is 13.4. The van der Waals surface area contributed by atoms with Gasteiger partial charge < -0.3 is 29.4 Å². The molecule has 1 amide bonds. The average molecular weight is 561 g/mol. The van der Waals surface area contributed by atoms with E-state index in [2.05, 4.69) is 15.2 Å². The molecule has 1 aromatic heterocycles. The molecule has 9 nitrogen and oxygen atoms in total. The molecule has 0 radical (unpaired) electrons. The predicted octanol–water partition coefficient (Wildman–Crippen LogP) is 3.93. The van der Waals surface area contributed by atoms with Crippen LogP contribution in [0.25, 0.3) is 10.9 Å². The third-order valence-electron chi connectivity index (χ3n) is 7.05. The van der Waals surface area contributed by atoms with Crippen LogP contribution in [0.3, 0.4) is 0 Å². The van der Waals surface area contributed by atoms with Crippen LogP contribution in [-0.4, -0.2) is 62.5 Å². The number of carbonyl (C=O) groups is 1. The fourth-order valence-corrected chi connectivity index (χ4v) is 5.06. The molecule has 3 aromatic carbocycles. The molecule has 0 unspecified atom stereocenters. The number of ether oxygens (including phenoxy) is 3. The van der Waals surface area contributed by atoms with Crippen molar-refractivity contribution in [2.24, 2.45) is 0 Å². The summed E-state index contributed by atoms with van der Waals surface area (Å²) in [5.41, 5.74) is 4.00. The number of H-pyrrole nitrogens is 1. The molecule has 4 aromatic rings. The first-order valence-corrected chi connectivity index (χ1v) is 13.6. The molecule has 5 rings (SSSR count). The molecule has 0 bridgehead atoms. The van der Waals surface area contributed by atoms with Crippen molar-refractivity contribution >= 4 is 34.7 Å². The van der Waals surface area contributed by atoms with Crippen molar-refractivity contribution in [1.82, 2.24) is 14.9 Å². The van der Waals surface area contributed by atoms with Gasteiger partial charge in [0, 0.05) is 30.9 Å². The molecule has 1 aliphatic rings. The smallest absolute Gasteiger partial charge is 0.262 e. The zero-order valence-corrected chi connectivity index (χ0v) is 23.4. The Morgan fingerprint density at radius 3 is 2.42 bits per heavy atom. The molecular formula is C30H32N4O5S. The van der Waals surface area contributed by atoms with Gasteiger partial charge in [-0.15, -0.1) is 0 Å². The monoisotopic (exact) mass is 560 g/mol. The van der Waals surface area contributed by atoms with E-state index in [1.165, 1.54) is 0 Å². The number of methoxy groups -OCH3 is 2. The van der Waals surface area contributed by atoms with Gasteiger partial charge in [0.25, 0.3) is 11.5 Å². The van der Waals surface area contributed by atoms with Crippen molar-refractivity contribution in [1.29, 1.82) is 0 Å². The summed E-state index contributed by atoms with van der Waals surface area (Å²) in [4.78, 5) is 31.5. The number of rotatable bonds is 9. The van der Waals surface area contributed by atoms with E-state index in [9.17, 15) is 9.59 Å². The van der Waals surface area contributed by atoms with Gasteiger partial charge in [-0.3, -0.25) is 14.2 Å². The van der Waals surface area contributed by atoms with Gasteiger partial charge in [0.05, 0.1) is 44.9 Å².